The number of aryl methyl sites for hydroxylation is 1. The molecular formula is C24H30F2N6O3. The molecule has 0 spiro atoms. The molecular weight excluding hydrogens is 458 g/mol. The van der Waals surface area contributed by atoms with Crippen LogP contribution in [-0.2, 0) is 6.54 Å². The third-order valence-electron chi connectivity index (χ3n) is 6.22. The Labute approximate surface area is 202 Å². The molecule has 2 heterocycles. The molecule has 1 aliphatic heterocycles. The number of hydrogen-bond acceptors (Lipinski definition) is 8. The first-order valence-corrected chi connectivity index (χ1v) is 11.7. The summed E-state index contributed by atoms with van der Waals surface area (Å²) in [4.78, 5) is 17.1. The molecule has 0 saturated heterocycles. The lowest BCUT2D eigenvalue weighted by Gasteiger charge is -2.29. The van der Waals surface area contributed by atoms with Gasteiger partial charge < -0.3 is 15.2 Å². The van der Waals surface area contributed by atoms with Crippen LogP contribution in [0.5, 0.6) is 5.75 Å². The van der Waals surface area contributed by atoms with E-state index in [1.807, 2.05) is 11.2 Å². The molecule has 0 atom stereocenters. The molecule has 4 N–H and O–H groups in total. The number of carbonyl (C=O) groups is 1. The minimum absolute atomic E-state index is 0.0338. The van der Waals surface area contributed by atoms with Crippen LogP contribution in [0.3, 0.4) is 0 Å². The first-order valence-electron chi connectivity index (χ1n) is 11.7. The lowest BCUT2D eigenvalue weighted by Crippen LogP contribution is -2.45. The van der Waals surface area contributed by atoms with Gasteiger partial charge >= 0.3 is 6.61 Å². The van der Waals surface area contributed by atoms with E-state index in [0.717, 1.165) is 32.2 Å². The highest BCUT2D eigenvalue weighted by Crippen LogP contribution is 2.28. The van der Waals surface area contributed by atoms with Crippen LogP contribution in [0.4, 0.5) is 8.78 Å². The average molecular weight is 489 g/mol. The van der Waals surface area contributed by atoms with Crippen LogP contribution in [0.25, 0.3) is 0 Å². The Bertz CT molecular complexity index is 1060. The zero-order valence-electron chi connectivity index (χ0n) is 19.5. The van der Waals surface area contributed by atoms with Gasteiger partial charge in [-0.1, -0.05) is 12.1 Å². The minimum atomic E-state index is -2.91. The van der Waals surface area contributed by atoms with Gasteiger partial charge in [0.05, 0.1) is 0 Å². The van der Waals surface area contributed by atoms with Crippen molar-refractivity contribution in [1.29, 1.82) is 0 Å². The molecule has 9 nitrogen and oxygen atoms in total. The van der Waals surface area contributed by atoms with Gasteiger partial charge in [0.2, 0.25) is 0 Å². The van der Waals surface area contributed by atoms with Crippen molar-refractivity contribution in [2.24, 2.45) is 16.9 Å². The normalized spacial score (nSPS) is 20.2. The molecule has 188 valence electrons. The van der Waals surface area contributed by atoms with Crippen molar-refractivity contribution in [2.45, 2.75) is 45.8 Å². The number of halogens is 2. The van der Waals surface area contributed by atoms with Crippen molar-refractivity contribution in [3.8, 4) is 5.75 Å². The summed E-state index contributed by atoms with van der Waals surface area (Å²) in [6, 6.07) is 9.67. The third kappa shape index (κ3) is 6.86. The molecule has 1 aromatic carbocycles. The number of aliphatic hydroxyl groups is 1. The standard InChI is InChI=1S/C24H30F2N6O3/c1-15-9-19(22-29-31-32(30-22)13-16-5-7-17(14-33)8-6-16)11-21(28-15)23(34)27-12-18-3-2-4-20(10-18)35-24(25)26/h2-4,9-11,16-17,24,31,33H,5-8,12-14H2,1H3,(H,27,34)(H,29,30). The summed E-state index contributed by atoms with van der Waals surface area (Å²) in [5, 5.41) is 18.3. The fourth-order valence-electron chi connectivity index (χ4n) is 4.38. The summed E-state index contributed by atoms with van der Waals surface area (Å²) in [7, 11) is 0. The highest BCUT2D eigenvalue weighted by atomic mass is 19.3. The van der Waals surface area contributed by atoms with Crippen LogP contribution in [0, 0.1) is 18.8 Å². The van der Waals surface area contributed by atoms with E-state index >= 15 is 0 Å². The van der Waals surface area contributed by atoms with Crippen molar-refractivity contribution in [2.75, 3.05) is 13.2 Å². The Hall–Kier alpha value is -3.31. The molecule has 1 saturated carbocycles. The van der Waals surface area contributed by atoms with E-state index in [0.29, 0.717) is 34.5 Å². The van der Waals surface area contributed by atoms with Crippen molar-refractivity contribution in [3.63, 3.8) is 0 Å². The Morgan fingerprint density at radius 2 is 2.00 bits per heavy atom. The number of hydrazine groups is 2. The number of carbonyl (C=O) groups excluding carboxylic acids is 1. The van der Waals surface area contributed by atoms with E-state index in [-0.39, 0.29) is 30.5 Å². The number of benzene rings is 1. The fraction of sp³-hybridized carbons (Fsp3) is 0.458. The van der Waals surface area contributed by atoms with E-state index in [4.69, 9.17) is 0 Å². The van der Waals surface area contributed by atoms with Crippen LogP contribution in [0.1, 0.15) is 53.0 Å². The predicted molar refractivity (Wildman–Crippen MR) is 125 cm³/mol. The quantitative estimate of drug-likeness (QED) is 0.430. The van der Waals surface area contributed by atoms with Crippen LogP contribution in [-0.4, -0.2) is 46.7 Å². The van der Waals surface area contributed by atoms with E-state index in [1.165, 1.54) is 12.1 Å². The van der Waals surface area contributed by atoms with Gasteiger partial charge in [-0.2, -0.15) is 8.78 Å². The average Bonchev–Trinajstić information content (AvgIpc) is 3.31. The maximum absolute atomic E-state index is 12.7. The van der Waals surface area contributed by atoms with Gasteiger partial charge in [-0.05, 0) is 74.3 Å². The maximum Gasteiger partial charge on any atom is 0.387 e. The Balaban J connectivity index is 1.33. The van der Waals surface area contributed by atoms with Crippen LogP contribution < -0.4 is 21.0 Å². The zero-order valence-corrected chi connectivity index (χ0v) is 19.5. The SMILES string of the molecule is Cc1cc(C2=NNN(CC3CCC(CO)CC3)N2)cc(C(=O)NCc2cccc(OC(F)F)c2)n1. The largest absolute Gasteiger partial charge is 0.435 e. The molecule has 2 aromatic rings. The number of amides is 1. The van der Waals surface area contributed by atoms with E-state index < -0.39 is 6.61 Å². The second-order valence-electron chi connectivity index (χ2n) is 8.94. The molecule has 1 aromatic heterocycles. The highest BCUT2D eigenvalue weighted by molar-refractivity contribution is 6.01. The molecule has 0 bridgehead atoms. The summed E-state index contributed by atoms with van der Waals surface area (Å²) in [6.45, 7) is 0.0604. The first kappa shape index (κ1) is 24.8. The van der Waals surface area contributed by atoms with Crippen LogP contribution in [0.2, 0.25) is 0 Å². The first-order chi connectivity index (χ1) is 16.9. The molecule has 1 amide bonds. The number of alkyl halides is 2. The van der Waals surface area contributed by atoms with Gasteiger partial charge in [0, 0.05) is 31.0 Å². The number of hydrazone groups is 1. The number of rotatable bonds is 9. The Kier molecular flexibility index (Phi) is 8.09. The molecule has 2 aliphatic rings. The summed E-state index contributed by atoms with van der Waals surface area (Å²) in [5.74, 6) is 1.16. The zero-order chi connectivity index (χ0) is 24.8. The summed E-state index contributed by atoms with van der Waals surface area (Å²) in [5.41, 5.74) is 8.45. The summed E-state index contributed by atoms with van der Waals surface area (Å²) in [6.07, 6.45) is 4.20. The third-order valence-corrected chi connectivity index (χ3v) is 6.22. The van der Waals surface area contributed by atoms with Gasteiger partial charge in [0.15, 0.2) is 5.84 Å². The molecule has 35 heavy (non-hydrogen) atoms. The topological polar surface area (TPSA) is 111 Å². The number of nitrogens with one attached hydrogen (secondary N) is 3. The number of aromatic nitrogens is 1. The van der Waals surface area contributed by atoms with Crippen LogP contribution >= 0.6 is 0 Å². The smallest absolute Gasteiger partial charge is 0.387 e. The molecule has 0 unspecified atom stereocenters. The Morgan fingerprint density at radius 1 is 1.23 bits per heavy atom. The monoisotopic (exact) mass is 488 g/mol. The fourth-order valence-corrected chi connectivity index (χ4v) is 4.38. The van der Waals surface area contributed by atoms with Crippen molar-refractivity contribution in [1.82, 2.24) is 26.4 Å². The predicted octanol–water partition coefficient (Wildman–Crippen LogP) is 2.71. The van der Waals surface area contributed by atoms with Crippen molar-refractivity contribution < 1.29 is 23.4 Å². The van der Waals surface area contributed by atoms with E-state index in [9.17, 15) is 18.7 Å². The molecule has 1 fully saturated rings. The molecule has 11 heteroatoms. The highest BCUT2D eigenvalue weighted by Gasteiger charge is 2.25. The van der Waals surface area contributed by atoms with Crippen molar-refractivity contribution in [3.05, 3.63) is 58.9 Å². The second kappa shape index (κ2) is 11.4. The number of amidine groups is 1. The lowest BCUT2D eigenvalue weighted by molar-refractivity contribution is -0.0498. The number of nitrogens with zero attached hydrogens (tertiary/aromatic N) is 3. The van der Waals surface area contributed by atoms with E-state index in [2.05, 4.69) is 31.1 Å². The van der Waals surface area contributed by atoms with Crippen LogP contribution in [0.15, 0.2) is 41.5 Å². The number of aliphatic hydroxyl groups excluding tert-OH is 1. The van der Waals surface area contributed by atoms with Crippen molar-refractivity contribution >= 4 is 11.7 Å². The number of ether oxygens (including phenoxy) is 1. The van der Waals surface area contributed by atoms with Gasteiger partial charge in [-0.3, -0.25) is 10.2 Å². The van der Waals surface area contributed by atoms with Gasteiger partial charge in [-0.25, -0.2) is 10.5 Å². The van der Waals surface area contributed by atoms with Gasteiger partial charge in [0.25, 0.3) is 5.91 Å². The number of hydrogen-bond donors (Lipinski definition) is 4. The molecule has 4 rings (SSSR count). The summed E-state index contributed by atoms with van der Waals surface area (Å²) < 4.78 is 29.3. The number of pyridine rings is 1. The lowest BCUT2D eigenvalue weighted by atomic mass is 9.82. The minimum Gasteiger partial charge on any atom is -0.435 e. The molecule has 0 radical (unpaired) electrons. The summed E-state index contributed by atoms with van der Waals surface area (Å²) >= 11 is 0. The van der Waals surface area contributed by atoms with E-state index in [1.54, 1.807) is 25.1 Å². The maximum atomic E-state index is 12.7. The van der Waals surface area contributed by atoms with Gasteiger partial charge in [0.1, 0.15) is 11.4 Å². The Morgan fingerprint density at radius 3 is 2.74 bits per heavy atom. The second-order valence-corrected chi connectivity index (χ2v) is 8.94. The van der Waals surface area contributed by atoms with Gasteiger partial charge in [-0.15, -0.1) is 10.2 Å². The molecule has 1 aliphatic carbocycles.